The van der Waals surface area contributed by atoms with Crippen molar-refractivity contribution in [3.63, 3.8) is 0 Å². The molecule has 16 heavy (non-hydrogen) atoms. The van der Waals surface area contributed by atoms with Gasteiger partial charge >= 0.3 is 11.9 Å². The zero-order valence-corrected chi connectivity index (χ0v) is 8.90. The zero-order chi connectivity index (χ0) is 12.0. The summed E-state index contributed by atoms with van der Waals surface area (Å²) in [6, 6.07) is 2.98. The minimum absolute atomic E-state index is 0.0231. The molecule has 0 aliphatic heterocycles. The summed E-state index contributed by atoms with van der Waals surface area (Å²) in [4.78, 5) is 21.7. The molecule has 5 nitrogen and oxygen atoms in total. The van der Waals surface area contributed by atoms with E-state index in [0.717, 1.165) is 0 Å². The quantitative estimate of drug-likeness (QED) is 0.551. The summed E-state index contributed by atoms with van der Waals surface area (Å²) in [6.45, 7) is 0. The van der Waals surface area contributed by atoms with E-state index in [1.807, 2.05) is 0 Å². The summed E-state index contributed by atoms with van der Waals surface area (Å²) >= 11 is 0. The lowest BCUT2D eigenvalue weighted by Crippen LogP contribution is -1.98. The molecular weight excluding hydrogens is 212 g/mol. The van der Waals surface area contributed by atoms with Crippen LogP contribution in [0.3, 0.4) is 0 Å². The summed E-state index contributed by atoms with van der Waals surface area (Å²) < 4.78 is 13.9. The Morgan fingerprint density at radius 2 is 2.06 bits per heavy atom. The fourth-order valence-corrected chi connectivity index (χ4v) is 0.891. The van der Waals surface area contributed by atoms with Crippen LogP contribution in [0.4, 0.5) is 0 Å². The minimum atomic E-state index is -0.569. The van der Waals surface area contributed by atoms with Gasteiger partial charge < -0.3 is 13.9 Å². The Hall–Kier alpha value is -2.22. The average Bonchev–Trinajstić information content (AvgIpc) is 2.76. The number of methoxy groups -OCH3 is 2. The van der Waals surface area contributed by atoms with Gasteiger partial charge in [-0.05, 0) is 18.1 Å². The molecule has 0 saturated heterocycles. The SMILES string of the molecule is COC(=O)CC#Cc1ccc(C(=O)OC)o1. The highest BCUT2D eigenvalue weighted by molar-refractivity contribution is 5.86. The highest BCUT2D eigenvalue weighted by Gasteiger charge is 2.09. The predicted molar refractivity (Wildman–Crippen MR) is 53.6 cm³/mol. The fourth-order valence-electron chi connectivity index (χ4n) is 0.891. The van der Waals surface area contributed by atoms with Crippen molar-refractivity contribution < 1.29 is 23.5 Å². The molecule has 0 fully saturated rings. The molecule has 5 heteroatoms. The van der Waals surface area contributed by atoms with Gasteiger partial charge in [0.1, 0.15) is 6.42 Å². The topological polar surface area (TPSA) is 65.7 Å². The number of ether oxygens (including phenoxy) is 2. The van der Waals surface area contributed by atoms with E-state index in [4.69, 9.17) is 4.42 Å². The summed E-state index contributed by atoms with van der Waals surface area (Å²) in [5, 5.41) is 0. The maximum Gasteiger partial charge on any atom is 0.374 e. The molecule has 0 aliphatic carbocycles. The lowest BCUT2D eigenvalue weighted by Gasteiger charge is -1.91. The summed E-state index contributed by atoms with van der Waals surface area (Å²) in [6.07, 6.45) is -0.0231. The Kier molecular flexibility index (Phi) is 4.16. The van der Waals surface area contributed by atoms with Gasteiger partial charge in [-0.15, -0.1) is 0 Å². The van der Waals surface area contributed by atoms with E-state index in [-0.39, 0.29) is 12.2 Å². The number of hydrogen-bond acceptors (Lipinski definition) is 5. The number of carbonyl (C=O) groups is 2. The molecule has 0 unspecified atom stereocenters. The molecule has 0 radical (unpaired) electrons. The average molecular weight is 222 g/mol. The van der Waals surface area contributed by atoms with Gasteiger partial charge in [0, 0.05) is 0 Å². The van der Waals surface area contributed by atoms with Crippen LogP contribution in [0.2, 0.25) is 0 Å². The van der Waals surface area contributed by atoms with E-state index in [2.05, 4.69) is 21.3 Å². The van der Waals surface area contributed by atoms with Gasteiger partial charge in [0.2, 0.25) is 5.76 Å². The molecule has 0 aromatic carbocycles. The first-order chi connectivity index (χ1) is 7.67. The standard InChI is InChI=1S/C11H10O5/c1-14-10(12)5-3-4-8-6-7-9(16-8)11(13)15-2/h6-7H,5H2,1-2H3. The van der Waals surface area contributed by atoms with Crippen LogP contribution < -0.4 is 0 Å². The van der Waals surface area contributed by atoms with Crippen LogP contribution in [0.1, 0.15) is 22.7 Å². The van der Waals surface area contributed by atoms with Crippen LogP contribution in [0.25, 0.3) is 0 Å². The van der Waals surface area contributed by atoms with Crippen LogP contribution >= 0.6 is 0 Å². The maximum absolute atomic E-state index is 11.0. The first-order valence-corrected chi connectivity index (χ1v) is 4.41. The van der Waals surface area contributed by atoms with E-state index in [0.29, 0.717) is 5.76 Å². The van der Waals surface area contributed by atoms with E-state index >= 15 is 0 Å². The van der Waals surface area contributed by atoms with Gasteiger partial charge in [-0.1, -0.05) is 5.92 Å². The molecule has 0 spiro atoms. The minimum Gasteiger partial charge on any atom is -0.468 e. The van der Waals surface area contributed by atoms with Crippen molar-refractivity contribution in [1.82, 2.24) is 0 Å². The summed E-state index contributed by atoms with van der Waals surface area (Å²) in [5.41, 5.74) is 0. The molecule has 1 aromatic rings. The lowest BCUT2D eigenvalue weighted by molar-refractivity contribution is -0.139. The number of esters is 2. The van der Waals surface area contributed by atoms with Crippen LogP contribution in [-0.4, -0.2) is 26.2 Å². The van der Waals surface area contributed by atoms with E-state index < -0.39 is 11.9 Å². The third-order valence-electron chi connectivity index (χ3n) is 1.66. The van der Waals surface area contributed by atoms with Crippen molar-refractivity contribution in [2.75, 3.05) is 14.2 Å². The Bertz CT molecular complexity index is 446. The maximum atomic E-state index is 11.0. The molecule has 1 aromatic heterocycles. The highest BCUT2D eigenvalue weighted by Crippen LogP contribution is 2.07. The van der Waals surface area contributed by atoms with E-state index in [9.17, 15) is 9.59 Å². The molecule has 0 N–H and O–H groups in total. The van der Waals surface area contributed by atoms with Crippen molar-refractivity contribution in [2.45, 2.75) is 6.42 Å². The van der Waals surface area contributed by atoms with Gasteiger partial charge in [-0.3, -0.25) is 4.79 Å². The molecule has 0 bridgehead atoms. The second kappa shape index (κ2) is 5.61. The number of rotatable bonds is 2. The molecule has 1 heterocycles. The van der Waals surface area contributed by atoms with Crippen molar-refractivity contribution in [1.29, 1.82) is 0 Å². The third kappa shape index (κ3) is 3.17. The Morgan fingerprint density at radius 3 is 2.69 bits per heavy atom. The first kappa shape index (κ1) is 11.9. The van der Waals surface area contributed by atoms with Crippen LogP contribution in [0, 0.1) is 11.8 Å². The van der Waals surface area contributed by atoms with Gasteiger partial charge in [0.15, 0.2) is 5.76 Å². The van der Waals surface area contributed by atoms with Crippen molar-refractivity contribution in [2.24, 2.45) is 0 Å². The van der Waals surface area contributed by atoms with Crippen molar-refractivity contribution in [3.8, 4) is 11.8 Å². The fraction of sp³-hybridized carbons (Fsp3) is 0.273. The third-order valence-corrected chi connectivity index (χ3v) is 1.66. The van der Waals surface area contributed by atoms with E-state index in [1.54, 1.807) is 0 Å². The molecular formula is C11H10O5. The van der Waals surface area contributed by atoms with Gasteiger partial charge in [-0.2, -0.15) is 0 Å². The summed E-state index contributed by atoms with van der Waals surface area (Å²) in [7, 11) is 2.54. The van der Waals surface area contributed by atoms with Gasteiger partial charge in [0.05, 0.1) is 14.2 Å². The zero-order valence-electron chi connectivity index (χ0n) is 8.90. The Labute approximate surface area is 92.3 Å². The van der Waals surface area contributed by atoms with Crippen molar-refractivity contribution >= 4 is 11.9 Å². The first-order valence-electron chi connectivity index (χ1n) is 4.41. The van der Waals surface area contributed by atoms with E-state index in [1.165, 1.54) is 26.4 Å². The second-order valence-corrected chi connectivity index (χ2v) is 2.71. The van der Waals surface area contributed by atoms with Crippen LogP contribution in [0.15, 0.2) is 16.5 Å². The Morgan fingerprint density at radius 1 is 1.31 bits per heavy atom. The van der Waals surface area contributed by atoms with Crippen LogP contribution in [0.5, 0.6) is 0 Å². The van der Waals surface area contributed by atoms with Gasteiger partial charge in [-0.25, -0.2) is 4.79 Å². The molecule has 84 valence electrons. The molecule has 0 saturated carbocycles. The molecule has 0 aliphatic rings. The molecule has 1 rings (SSSR count). The smallest absolute Gasteiger partial charge is 0.374 e. The monoisotopic (exact) mass is 222 g/mol. The summed E-state index contributed by atoms with van der Waals surface area (Å²) in [5.74, 6) is 4.51. The Balaban J connectivity index is 2.65. The largest absolute Gasteiger partial charge is 0.468 e. The second-order valence-electron chi connectivity index (χ2n) is 2.71. The predicted octanol–water partition coefficient (Wildman–Crippen LogP) is 0.981. The van der Waals surface area contributed by atoms with Crippen molar-refractivity contribution in [3.05, 3.63) is 23.7 Å². The van der Waals surface area contributed by atoms with Gasteiger partial charge in [0.25, 0.3) is 0 Å². The highest BCUT2D eigenvalue weighted by atomic mass is 16.5. The number of furan rings is 1. The normalized spacial score (nSPS) is 8.88. The van der Waals surface area contributed by atoms with Crippen LogP contribution in [-0.2, 0) is 14.3 Å². The number of hydrogen-bond donors (Lipinski definition) is 0. The lowest BCUT2D eigenvalue weighted by atomic mass is 10.4. The molecule has 0 amide bonds. The number of carbonyl (C=O) groups excluding carboxylic acids is 2. The molecule has 0 atom stereocenters.